The van der Waals surface area contributed by atoms with Crippen molar-refractivity contribution in [3.63, 3.8) is 0 Å². The number of likely N-dealkylation sites (tertiary alicyclic amines) is 2. The van der Waals surface area contributed by atoms with Crippen molar-refractivity contribution in [2.24, 2.45) is 0 Å². The second-order valence-electron chi connectivity index (χ2n) is 7.87. The Morgan fingerprint density at radius 2 is 1.87 bits per heavy atom. The molecular formula is C21H25F3N4O2. The number of carbonyl (C=O) groups is 1. The van der Waals surface area contributed by atoms with Gasteiger partial charge in [-0.05, 0) is 44.4 Å². The molecule has 0 unspecified atom stereocenters. The zero-order chi connectivity index (χ0) is 21.3. The molecule has 0 spiro atoms. The number of nitrogens with zero attached hydrogens (tertiary/aromatic N) is 4. The molecule has 2 saturated heterocycles. The molecule has 0 aliphatic carbocycles. The maximum absolute atomic E-state index is 13.3. The maximum Gasteiger partial charge on any atom is 0.417 e. The van der Waals surface area contributed by atoms with Crippen LogP contribution in [0.5, 0.6) is 0 Å². The highest BCUT2D eigenvalue weighted by molar-refractivity contribution is 5.76. The normalized spacial score (nSPS) is 22.7. The van der Waals surface area contributed by atoms with Crippen molar-refractivity contribution >= 4 is 5.91 Å². The second-order valence-corrected chi connectivity index (χ2v) is 7.87. The van der Waals surface area contributed by atoms with E-state index in [0.717, 1.165) is 44.8 Å². The summed E-state index contributed by atoms with van der Waals surface area (Å²) >= 11 is 0. The fourth-order valence-corrected chi connectivity index (χ4v) is 4.71. The van der Waals surface area contributed by atoms with E-state index in [4.69, 9.17) is 4.42 Å². The number of hydrogen-bond donors (Lipinski definition) is 0. The Hall–Kier alpha value is -2.42. The van der Waals surface area contributed by atoms with Crippen LogP contribution in [0.15, 0.2) is 28.7 Å². The van der Waals surface area contributed by atoms with E-state index in [2.05, 4.69) is 15.1 Å². The summed E-state index contributed by atoms with van der Waals surface area (Å²) in [5.74, 6) is 0.339. The molecule has 0 radical (unpaired) electrons. The molecule has 30 heavy (non-hydrogen) atoms. The van der Waals surface area contributed by atoms with E-state index in [1.165, 1.54) is 18.2 Å². The molecule has 0 saturated carbocycles. The van der Waals surface area contributed by atoms with E-state index in [1.807, 2.05) is 11.8 Å². The molecule has 162 valence electrons. The fourth-order valence-electron chi connectivity index (χ4n) is 4.71. The van der Waals surface area contributed by atoms with E-state index < -0.39 is 11.7 Å². The lowest BCUT2D eigenvalue weighted by Crippen LogP contribution is -2.47. The minimum absolute atomic E-state index is 0.114. The number of rotatable bonds is 5. The highest BCUT2D eigenvalue weighted by Gasteiger charge is 2.40. The molecule has 2 aliphatic heterocycles. The van der Waals surface area contributed by atoms with Crippen LogP contribution in [0.25, 0.3) is 11.5 Å². The monoisotopic (exact) mass is 422 g/mol. The van der Waals surface area contributed by atoms with Crippen LogP contribution >= 0.6 is 0 Å². The summed E-state index contributed by atoms with van der Waals surface area (Å²) in [4.78, 5) is 16.5. The van der Waals surface area contributed by atoms with Crippen LogP contribution in [0.4, 0.5) is 13.2 Å². The Morgan fingerprint density at radius 3 is 2.63 bits per heavy atom. The maximum atomic E-state index is 13.3. The Labute approximate surface area is 173 Å². The summed E-state index contributed by atoms with van der Waals surface area (Å²) in [6.45, 7) is 3.88. The summed E-state index contributed by atoms with van der Waals surface area (Å²) in [6.07, 6.45) is -0.0399. The number of carbonyl (C=O) groups excluding carboxylic acids is 1. The van der Waals surface area contributed by atoms with Crippen molar-refractivity contribution in [1.82, 2.24) is 20.0 Å². The molecule has 2 aromatic rings. The van der Waals surface area contributed by atoms with Gasteiger partial charge in [0, 0.05) is 25.0 Å². The molecule has 0 bridgehead atoms. The third-order valence-corrected chi connectivity index (χ3v) is 6.05. The first kappa shape index (κ1) is 20.8. The predicted octanol–water partition coefficient (Wildman–Crippen LogP) is 4.12. The van der Waals surface area contributed by atoms with Crippen LogP contribution in [-0.4, -0.2) is 51.1 Å². The predicted molar refractivity (Wildman–Crippen MR) is 103 cm³/mol. The van der Waals surface area contributed by atoms with Gasteiger partial charge in [0.15, 0.2) is 0 Å². The van der Waals surface area contributed by atoms with Gasteiger partial charge in [0.1, 0.15) is 0 Å². The number of benzene rings is 1. The number of hydrogen-bond acceptors (Lipinski definition) is 5. The fraction of sp³-hybridized carbons (Fsp3) is 0.571. The zero-order valence-corrected chi connectivity index (χ0v) is 16.9. The van der Waals surface area contributed by atoms with Crippen molar-refractivity contribution < 1.29 is 22.4 Å². The first-order valence-electron chi connectivity index (χ1n) is 10.4. The van der Waals surface area contributed by atoms with Crippen LogP contribution in [0.2, 0.25) is 0 Å². The minimum atomic E-state index is -4.50. The van der Waals surface area contributed by atoms with E-state index in [-0.39, 0.29) is 29.4 Å². The largest absolute Gasteiger partial charge is 0.419 e. The number of amides is 1. The van der Waals surface area contributed by atoms with E-state index in [0.29, 0.717) is 18.9 Å². The Balaban J connectivity index is 1.51. The van der Waals surface area contributed by atoms with Crippen LogP contribution in [-0.2, 0) is 17.5 Å². The molecule has 6 nitrogen and oxygen atoms in total. The summed E-state index contributed by atoms with van der Waals surface area (Å²) in [5, 5.41) is 7.88. The lowest BCUT2D eigenvalue weighted by Gasteiger charge is -2.34. The van der Waals surface area contributed by atoms with Crippen LogP contribution in [0.1, 0.15) is 50.5 Å². The molecule has 4 rings (SSSR count). The molecule has 1 aromatic heterocycles. The van der Waals surface area contributed by atoms with Crippen molar-refractivity contribution in [1.29, 1.82) is 0 Å². The third-order valence-electron chi connectivity index (χ3n) is 6.05. The molecule has 0 N–H and O–H groups in total. The Bertz CT molecular complexity index is 898. The van der Waals surface area contributed by atoms with Gasteiger partial charge in [0.2, 0.25) is 17.7 Å². The summed E-state index contributed by atoms with van der Waals surface area (Å²) in [5.41, 5.74) is -0.906. The van der Waals surface area contributed by atoms with Gasteiger partial charge in [-0.3, -0.25) is 9.69 Å². The number of halogens is 3. The van der Waals surface area contributed by atoms with E-state index >= 15 is 0 Å². The van der Waals surface area contributed by atoms with Gasteiger partial charge < -0.3 is 9.32 Å². The van der Waals surface area contributed by atoms with Crippen LogP contribution in [0.3, 0.4) is 0 Å². The lowest BCUT2D eigenvalue weighted by molar-refractivity contribution is -0.137. The lowest BCUT2D eigenvalue weighted by atomic mass is 10.0. The molecule has 2 fully saturated rings. The van der Waals surface area contributed by atoms with Gasteiger partial charge in [-0.15, -0.1) is 10.2 Å². The van der Waals surface area contributed by atoms with Crippen LogP contribution < -0.4 is 0 Å². The van der Waals surface area contributed by atoms with E-state index in [9.17, 15) is 18.0 Å². The summed E-state index contributed by atoms with van der Waals surface area (Å²) in [7, 11) is 0. The summed E-state index contributed by atoms with van der Waals surface area (Å²) < 4.78 is 45.5. The highest BCUT2D eigenvalue weighted by atomic mass is 19.4. The molecular weight excluding hydrogens is 397 g/mol. The molecule has 2 aliphatic rings. The standard InChI is InChI=1S/C21H25F3N4O2/c1-2-19(29)28-12-6-10-17(28)16-9-5-11-27(16)13-18-25-26-20(30-18)14-7-3-4-8-15(14)21(22,23)24/h3-4,7-8,16-17H,2,5-6,9-13H2,1H3/t16-,17+/m1/s1. The van der Waals surface area contributed by atoms with Gasteiger partial charge in [-0.1, -0.05) is 19.1 Å². The number of alkyl halides is 3. The first-order chi connectivity index (χ1) is 14.4. The minimum Gasteiger partial charge on any atom is -0.419 e. The van der Waals surface area contributed by atoms with E-state index in [1.54, 1.807) is 0 Å². The van der Waals surface area contributed by atoms with Gasteiger partial charge in [-0.25, -0.2) is 0 Å². The number of aromatic nitrogens is 2. The average molecular weight is 422 g/mol. The van der Waals surface area contributed by atoms with Crippen molar-refractivity contribution in [2.75, 3.05) is 13.1 Å². The van der Waals surface area contributed by atoms with Gasteiger partial charge in [-0.2, -0.15) is 13.2 Å². The van der Waals surface area contributed by atoms with Gasteiger partial charge in [0.05, 0.1) is 17.7 Å². The Morgan fingerprint density at radius 1 is 1.13 bits per heavy atom. The topological polar surface area (TPSA) is 62.5 Å². The zero-order valence-electron chi connectivity index (χ0n) is 16.9. The van der Waals surface area contributed by atoms with Crippen molar-refractivity contribution in [3.05, 3.63) is 35.7 Å². The smallest absolute Gasteiger partial charge is 0.417 e. The SMILES string of the molecule is CCC(=O)N1CCC[C@H]1[C@H]1CCCN1Cc1nnc(-c2ccccc2C(F)(F)F)o1. The highest BCUT2D eigenvalue weighted by Crippen LogP contribution is 2.37. The second kappa shape index (κ2) is 8.37. The molecule has 3 heterocycles. The quantitative estimate of drug-likeness (QED) is 0.725. The molecule has 2 atom stereocenters. The van der Waals surface area contributed by atoms with Crippen molar-refractivity contribution in [3.8, 4) is 11.5 Å². The van der Waals surface area contributed by atoms with Crippen molar-refractivity contribution in [2.45, 2.75) is 63.8 Å². The molecule has 1 aromatic carbocycles. The third kappa shape index (κ3) is 4.08. The van der Waals surface area contributed by atoms with Gasteiger partial charge >= 0.3 is 6.18 Å². The molecule has 1 amide bonds. The van der Waals surface area contributed by atoms with Crippen LogP contribution in [0, 0.1) is 0 Å². The molecule has 9 heteroatoms. The first-order valence-corrected chi connectivity index (χ1v) is 10.4. The summed E-state index contributed by atoms with van der Waals surface area (Å²) in [6, 6.07) is 5.59. The average Bonchev–Trinajstić information content (AvgIpc) is 3.47. The Kier molecular flexibility index (Phi) is 5.81. The van der Waals surface area contributed by atoms with Gasteiger partial charge in [0.25, 0.3) is 0 Å².